The molecule has 0 radical (unpaired) electrons. The lowest BCUT2D eigenvalue weighted by molar-refractivity contribution is -0.132. The average molecular weight is 264 g/mol. The zero-order chi connectivity index (χ0) is 14.4. The van der Waals surface area contributed by atoms with Crippen molar-refractivity contribution in [2.24, 2.45) is 11.7 Å². The van der Waals surface area contributed by atoms with Crippen LogP contribution < -0.4 is 11.1 Å². The molecule has 0 bridgehead atoms. The third-order valence-electron chi connectivity index (χ3n) is 2.77. The van der Waals surface area contributed by atoms with Crippen LogP contribution in [0.3, 0.4) is 0 Å². The van der Waals surface area contributed by atoms with Gasteiger partial charge in [0.1, 0.15) is 0 Å². The Balaban J connectivity index is 2.69. The van der Waals surface area contributed by atoms with E-state index in [0.717, 1.165) is 5.56 Å². The quantitative estimate of drug-likeness (QED) is 0.853. The molecule has 0 saturated carbocycles. The highest BCUT2D eigenvalue weighted by molar-refractivity contribution is 5.83. The van der Waals surface area contributed by atoms with Gasteiger partial charge in [-0.05, 0) is 18.4 Å². The molecule has 0 fully saturated rings. The van der Waals surface area contributed by atoms with Crippen molar-refractivity contribution < 1.29 is 14.3 Å². The standard InChI is InChI=1S/C14H20N2O3/c1-9(2)12(19-14(15)18)13(17)16-10(3)11-7-5-4-6-8-11/h4-10,12H,1-3H3,(H2,15,18)(H,16,17). The Morgan fingerprint density at radius 2 is 1.74 bits per heavy atom. The maximum absolute atomic E-state index is 12.1. The SMILES string of the molecule is CC(NC(=O)C(OC(N)=O)C(C)C)c1ccccc1. The Labute approximate surface area is 113 Å². The van der Waals surface area contributed by atoms with Crippen molar-refractivity contribution in [1.82, 2.24) is 5.32 Å². The minimum atomic E-state index is -0.943. The minimum absolute atomic E-state index is 0.143. The van der Waals surface area contributed by atoms with Gasteiger partial charge in [-0.25, -0.2) is 4.79 Å². The molecule has 0 aromatic heterocycles. The van der Waals surface area contributed by atoms with E-state index in [-0.39, 0.29) is 17.9 Å². The second-order valence-corrected chi connectivity index (χ2v) is 4.74. The van der Waals surface area contributed by atoms with Crippen molar-refractivity contribution in [2.45, 2.75) is 32.9 Å². The maximum Gasteiger partial charge on any atom is 0.405 e. The zero-order valence-corrected chi connectivity index (χ0v) is 11.4. The fraction of sp³-hybridized carbons (Fsp3) is 0.429. The molecule has 104 valence electrons. The van der Waals surface area contributed by atoms with Crippen LogP contribution in [0.5, 0.6) is 0 Å². The van der Waals surface area contributed by atoms with E-state index in [1.165, 1.54) is 0 Å². The van der Waals surface area contributed by atoms with E-state index in [2.05, 4.69) is 5.32 Å². The number of benzene rings is 1. The van der Waals surface area contributed by atoms with Crippen LogP contribution in [0.25, 0.3) is 0 Å². The molecule has 1 rings (SSSR count). The van der Waals surface area contributed by atoms with Crippen LogP contribution in [0, 0.1) is 5.92 Å². The van der Waals surface area contributed by atoms with E-state index < -0.39 is 12.2 Å². The first kappa shape index (κ1) is 15.0. The van der Waals surface area contributed by atoms with Crippen LogP contribution in [0.4, 0.5) is 4.79 Å². The number of hydrogen-bond donors (Lipinski definition) is 2. The molecule has 0 spiro atoms. The van der Waals surface area contributed by atoms with E-state index in [4.69, 9.17) is 10.5 Å². The second kappa shape index (κ2) is 6.78. The molecule has 1 aromatic carbocycles. The third kappa shape index (κ3) is 4.62. The number of rotatable bonds is 5. The summed E-state index contributed by atoms with van der Waals surface area (Å²) in [6.45, 7) is 5.45. The lowest BCUT2D eigenvalue weighted by Crippen LogP contribution is -2.42. The molecule has 5 nitrogen and oxygen atoms in total. The van der Waals surface area contributed by atoms with Crippen molar-refractivity contribution in [2.75, 3.05) is 0 Å². The molecule has 0 aliphatic rings. The number of carbonyl (C=O) groups excluding carboxylic acids is 2. The molecule has 1 aromatic rings. The predicted octanol–water partition coefficient (Wildman–Crippen LogP) is 1.98. The van der Waals surface area contributed by atoms with Gasteiger partial charge in [-0.2, -0.15) is 0 Å². The number of amides is 2. The predicted molar refractivity (Wildman–Crippen MR) is 72.3 cm³/mol. The van der Waals surface area contributed by atoms with Crippen LogP contribution in [-0.2, 0) is 9.53 Å². The van der Waals surface area contributed by atoms with Crippen LogP contribution in [0.15, 0.2) is 30.3 Å². The molecule has 0 heterocycles. The summed E-state index contributed by atoms with van der Waals surface area (Å²) in [6.07, 6.45) is -1.81. The van der Waals surface area contributed by atoms with Crippen molar-refractivity contribution in [3.8, 4) is 0 Å². The largest absolute Gasteiger partial charge is 0.436 e. The van der Waals surface area contributed by atoms with Crippen molar-refractivity contribution >= 4 is 12.0 Å². The van der Waals surface area contributed by atoms with Gasteiger partial charge in [0.25, 0.3) is 5.91 Å². The Morgan fingerprint density at radius 3 is 2.21 bits per heavy atom. The molecule has 19 heavy (non-hydrogen) atoms. The monoisotopic (exact) mass is 264 g/mol. The van der Waals surface area contributed by atoms with E-state index in [9.17, 15) is 9.59 Å². The summed E-state index contributed by atoms with van der Waals surface area (Å²) in [4.78, 5) is 22.9. The fourth-order valence-corrected chi connectivity index (χ4v) is 1.74. The van der Waals surface area contributed by atoms with Crippen LogP contribution in [0.2, 0.25) is 0 Å². The van der Waals surface area contributed by atoms with Crippen molar-refractivity contribution in [3.05, 3.63) is 35.9 Å². The zero-order valence-electron chi connectivity index (χ0n) is 11.4. The number of carbonyl (C=O) groups is 2. The van der Waals surface area contributed by atoms with E-state index >= 15 is 0 Å². The van der Waals surface area contributed by atoms with Gasteiger partial charge < -0.3 is 15.8 Å². The first-order chi connectivity index (χ1) is 8.91. The van der Waals surface area contributed by atoms with Gasteiger partial charge in [-0.15, -0.1) is 0 Å². The summed E-state index contributed by atoms with van der Waals surface area (Å²) >= 11 is 0. The summed E-state index contributed by atoms with van der Waals surface area (Å²) in [7, 11) is 0. The Hall–Kier alpha value is -2.04. The number of nitrogens with two attached hydrogens (primary N) is 1. The molecule has 2 amide bonds. The molecule has 2 atom stereocenters. The number of nitrogens with one attached hydrogen (secondary N) is 1. The van der Waals surface area contributed by atoms with E-state index in [1.807, 2.05) is 37.3 Å². The van der Waals surface area contributed by atoms with Gasteiger partial charge in [-0.3, -0.25) is 4.79 Å². The normalized spacial score (nSPS) is 13.7. The Bertz CT molecular complexity index is 432. The molecular weight excluding hydrogens is 244 g/mol. The first-order valence-electron chi connectivity index (χ1n) is 6.23. The fourth-order valence-electron chi connectivity index (χ4n) is 1.74. The Morgan fingerprint density at radius 1 is 1.16 bits per heavy atom. The van der Waals surface area contributed by atoms with Crippen LogP contribution in [0.1, 0.15) is 32.4 Å². The van der Waals surface area contributed by atoms with Crippen molar-refractivity contribution in [1.29, 1.82) is 0 Å². The summed E-state index contributed by atoms with van der Waals surface area (Å²) in [5.41, 5.74) is 5.95. The van der Waals surface area contributed by atoms with Crippen molar-refractivity contribution in [3.63, 3.8) is 0 Å². The minimum Gasteiger partial charge on any atom is -0.436 e. The summed E-state index contributed by atoms with van der Waals surface area (Å²) in [5, 5.41) is 2.81. The number of ether oxygens (including phenoxy) is 1. The second-order valence-electron chi connectivity index (χ2n) is 4.74. The lowest BCUT2D eigenvalue weighted by atomic mass is 10.0. The molecule has 2 unspecified atom stereocenters. The van der Waals surface area contributed by atoms with Gasteiger partial charge in [0.15, 0.2) is 6.10 Å². The third-order valence-corrected chi connectivity index (χ3v) is 2.77. The number of primary amides is 1. The van der Waals surface area contributed by atoms with Gasteiger partial charge in [0.05, 0.1) is 6.04 Å². The van der Waals surface area contributed by atoms with Gasteiger partial charge in [-0.1, -0.05) is 44.2 Å². The van der Waals surface area contributed by atoms with E-state index in [1.54, 1.807) is 13.8 Å². The molecule has 0 saturated heterocycles. The summed E-state index contributed by atoms with van der Waals surface area (Å²) in [6, 6.07) is 9.39. The molecule has 5 heteroatoms. The Kier molecular flexibility index (Phi) is 5.36. The molecule has 0 aliphatic carbocycles. The summed E-state index contributed by atoms with van der Waals surface area (Å²) < 4.78 is 4.84. The molecule has 0 aliphatic heterocycles. The smallest absolute Gasteiger partial charge is 0.405 e. The highest BCUT2D eigenvalue weighted by Crippen LogP contribution is 2.13. The van der Waals surface area contributed by atoms with Crippen LogP contribution in [-0.4, -0.2) is 18.1 Å². The van der Waals surface area contributed by atoms with Gasteiger partial charge in [0.2, 0.25) is 0 Å². The lowest BCUT2D eigenvalue weighted by Gasteiger charge is -2.22. The van der Waals surface area contributed by atoms with Crippen LogP contribution >= 0.6 is 0 Å². The summed E-state index contributed by atoms with van der Waals surface area (Å²) in [5.74, 6) is -0.486. The number of hydrogen-bond acceptors (Lipinski definition) is 3. The first-order valence-corrected chi connectivity index (χ1v) is 6.23. The topological polar surface area (TPSA) is 81.4 Å². The maximum atomic E-state index is 12.1. The van der Waals surface area contributed by atoms with Gasteiger partial charge in [0, 0.05) is 0 Å². The highest BCUT2D eigenvalue weighted by Gasteiger charge is 2.26. The average Bonchev–Trinajstić information content (AvgIpc) is 2.36. The highest BCUT2D eigenvalue weighted by atomic mass is 16.6. The van der Waals surface area contributed by atoms with E-state index in [0.29, 0.717) is 0 Å². The molecule has 3 N–H and O–H groups in total. The van der Waals surface area contributed by atoms with Gasteiger partial charge >= 0.3 is 6.09 Å². The molecular formula is C14H20N2O3.